The molecule has 1 aromatic heterocycles. The molecule has 2 N–H and O–H groups in total. The predicted octanol–water partition coefficient (Wildman–Crippen LogP) is 4.63. The van der Waals surface area contributed by atoms with E-state index in [-0.39, 0.29) is 0 Å². The van der Waals surface area contributed by atoms with Gasteiger partial charge in [0.2, 0.25) is 5.91 Å². The minimum absolute atomic E-state index is 0.421. The summed E-state index contributed by atoms with van der Waals surface area (Å²) in [6.07, 6.45) is 7.38. The zero-order valence-corrected chi connectivity index (χ0v) is 17.1. The number of rotatable bonds is 5. The smallest absolute Gasteiger partial charge is 0.235 e. The zero-order valence-electron chi connectivity index (χ0n) is 15.5. The fraction of sp³-hybridized carbons (Fsp3) is 0.318. The van der Waals surface area contributed by atoms with Gasteiger partial charge in [0.25, 0.3) is 0 Å². The van der Waals surface area contributed by atoms with E-state index in [1.807, 2.05) is 42.1 Å². The average Bonchev–Trinajstić information content (AvgIpc) is 3.25. The molecule has 1 aliphatic carbocycles. The first kappa shape index (κ1) is 19.1. The summed E-state index contributed by atoms with van der Waals surface area (Å²) in [4.78, 5) is 18.3. The summed E-state index contributed by atoms with van der Waals surface area (Å²) >= 11 is 3.11. The lowest BCUT2D eigenvalue weighted by Crippen LogP contribution is -2.20. The maximum Gasteiger partial charge on any atom is 0.235 e. The number of nitriles is 1. The first-order valence-electron chi connectivity index (χ1n) is 9.49. The zero-order chi connectivity index (χ0) is 19.5. The highest BCUT2D eigenvalue weighted by Gasteiger charge is 2.28. The molecule has 1 aliphatic heterocycles. The molecule has 1 amide bonds. The van der Waals surface area contributed by atoms with E-state index in [1.165, 1.54) is 22.2 Å². The van der Waals surface area contributed by atoms with Crippen LogP contribution in [0.5, 0.6) is 0 Å². The van der Waals surface area contributed by atoms with Crippen molar-refractivity contribution in [1.29, 1.82) is 5.26 Å². The SMILES string of the molecule is N#Cc1c(SC(C(N)=O)c2ccccc2)nc2c(c1C1=CCCS1)CCCC2. The van der Waals surface area contributed by atoms with Crippen LogP contribution < -0.4 is 5.73 Å². The lowest BCUT2D eigenvalue weighted by molar-refractivity contribution is -0.117. The molecule has 0 fully saturated rings. The number of nitrogens with two attached hydrogens (primary N) is 1. The van der Waals surface area contributed by atoms with Gasteiger partial charge in [0.1, 0.15) is 16.3 Å². The Morgan fingerprint density at radius 3 is 2.71 bits per heavy atom. The molecule has 0 bridgehead atoms. The Morgan fingerprint density at radius 2 is 2.04 bits per heavy atom. The number of thioether (sulfide) groups is 2. The van der Waals surface area contributed by atoms with Crippen molar-refractivity contribution in [2.45, 2.75) is 42.4 Å². The van der Waals surface area contributed by atoms with Crippen LogP contribution in [0.3, 0.4) is 0 Å². The molecule has 4 nitrogen and oxygen atoms in total. The Morgan fingerprint density at radius 1 is 1.25 bits per heavy atom. The van der Waals surface area contributed by atoms with Crippen LogP contribution in [-0.4, -0.2) is 16.6 Å². The Bertz CT molecular complexity index is 980. The third-order valence-corrected chi connectivity index (χ3v) is 7.47. The van der Waals surface area contributed by atoms with E-state index in [9.17, 15) is 10.1 Å². The highest BCUT2D eigenvalue weighted by molar-refractivity contribution is 8.08. The van der Waals surface area contributed by atoms with Gasteiger partial charge in [-0.25, -0.2) is 4.98 Å². The average molecular weight is 408 g/mol. The summed E-state index contributed by atoms with van der Waals surface area (Å²) in [5.41, 5.74) is 10.5. The molecule has 2 heterocycles. The second-order valence-electron chi connectivity index (χ2n) is 6.93. The van der Waals surface area contributed by atoms with E-state index in [1.54, 1.807) is 0 Å². The van der Waals surface area contributed by atoms with E-state index in [2.05, 4.69) is 12.1 Å². The van der Waals surface area contributed by atoms with E-state index in [4.69, 9.17) is 10.7 Å². The van der Waals surface area contributed by atoms with Crippen molar-refractivity contribution in [3.63, 3.8) is 0 Å². The van der Waals surface area contributed by atoms with E-state index in [0.29, 0.717) is 10.6 Å². The number of carbonyl (C=O) groups excluding carboxylic acids is 1. The molecule has 2 aromatic rings. The quantitative estimate of drug-likeness (QED) is 0.731. The first-order chi connectivity index (χ1) is 13.7. The number of nitrogens with zero attached hydrogens (tertiary/aromatic N) is 2. The largest absolute Gasteiger partial charge is 0.368 e. The van der Waals surface area contributed by atoms with Gasteiger partial charge in [-0.3, -0.25) is 4.79 Å². The molecule has 28 heavy (non-hydrogen) atoms. The van der Waals surface area contributed by atoms with Crippen molar-refractivity contribution in [3.05, 3.63) is 64.4 Å². The first-order valence-corrected chi connectivity index (χ1v) is 11.4. The van der Waals surface area contributed by atoms with Crippen molar-refractivity contribution in [2.24, 2.45) is 5.73 Å². The van der Waals surface area contributed by atoms with Gasteiger partial charge in [-0.15, -0.1) is 11.8 Å². The molecular weight excluding hydrogens is 386 g/mol. The molecule has 1 aromatic carbocycles. The van der Waals surface area contributed by atoms with Gasteiger partial charge >= 0.3 is 0 Å². The fourth-order valence-corrected chi connectivity index (χ4v) is 5.92. The number of hydrogen-bond donors (Lipinski definition) is 1. The Labute approximate surface area is 173 Å². The molecule has 6 heteroatoms. The maximum atomic E-state index is 12.2. The number of carbonyl (C=O) groups is 1. The van der Waals surface area contributed by atoms with Crippen LogP contribution in [0.2, 0.25) is 0 Å². The summed E-state index contributed by atoms with van der Waals surface area (Å²) in [7, 11) is 0. The number of fused-ring (bicyclic) bond motifs is 1. The molecule has 0 saturated heterocycles. The van der Waals surface area contributed by atoms with Crippen LogP contribution in [0.4, 0.5) is 0 Å². The third-order valence-electron chi connectivity index (χ3n) is 5.09. The van der Waals surface area contributed by atoms with Gasteiger partial charge < -0.3 is 5.73 Å². The predicted molar refractivity (Wildman–Crippen MR) is 115 cm³/mol. The fourth-order valence-electron chi connectivity index (χ4n) is 3.80. The van der Waals surface area contributed by atoms with Gasteiger partial charge in [-0.2, -0.15) is 5.26 Å². The Kier molecular flexibility index (Phi) is 5.74. The molecule has 0 saturated carbocycles. The minimum atomic E-state index is -0.569. The highest BCUT2D eigenvalue weighted by Crippen LogP contribution is 2.44. The molecule has 1 unspecified atom stereocenters. The van der Waals surface area contributed by atoms with Crippen molar-refractivity contribution in [2.75, 3.05) is 5.75 Å². The number of hydrogen-bond acceptors (Lipinski definition) is 5. The van der Waals surface area contributed by atoms with E-state index >= 15 is 0 Å². The summed E-state index contributed by atoms with van der Waals surface area (Å²) < 4.78 is 0. The van der Waals surface area contributed by atoms with Crippen LogP contribution in [0, 0.1) is 11.3 Å². The molecule has 4 rings (SSSR count). The van der Waals surface area contributed by atoms with Gasteiger partial charge in [-0.1, -0.05) is 48.2 Å². The molecule has 142 valence electrons. The van der Waals surface area contributed by atoms with Gasteiger partial charge in [0.05, 0.1) is 5.56 Å². The number of aryl methyl sites for hydroxylation is 1. The molecule has 1 atom stereocenters. The number of amides is 1. The normalized spacial score (nSPS) is 16.8. The van der Waals surface area contributed by atoms with E-state index in [0.717, 1.165) is 54.7 Å². The summed E-state index contributed by atoms with van der Waals surface area (Å²) in [6, 6.07) is 11.9. The monoisotopic (exact) mass is 407 g/mol. The van der Waals surface area contributed by atoms with Crippen molar-refractivity contribution >= 4 is 34.3 Å². The van der Waals surface area contributed by atoms with Crippen LogP contribution in [0.1, 0.15) is 52.5 Å². The van der Waals surface area contributed by atoms with Gasteiger partial charge in [0.15, 0.2) is 0 Å². The van der Waals surface area contributed by atoms with Gasteiger partial charge in [0, 0.05) is 21.9 Å². The summed E-state index contributed by atoms with van der Waals surface area (Å²) in [5.74, 6) is 0.629. The second-order valence-corrected chi connectivity index (χ2v) is 9.16. The van der Waals surface area contributed by atoms with Crippen molar-refractivity contribution in [1.82, 2.24) is 4.98 Å². The molecule has 2 aliphatic rings. The summed E-state index contributed by atoms with van der Waals surface area (Å²) in [6.45, 7) is 0. The maximum absolute atomic E-state index is 12.2. The van der Waals surface area contributed by atoms with Gasteiger partial charge in [-0.05, 0) is 43.2 Å². The lowest BCUT2D eigenvalue weighted by Gasteiger charge is -2.23. The highest BCUT2D eigenvalue weighted by atomic mass is 32.2. The van der Waals surface area contributed by atoms with E-state index < -0.39 is 11.2 Å². The van der Waals surface area contributed by atoms with Crippen LogP contribution >= 0.6 is 23.5 Å². The third kappa shape index (κ3) is 3.69. The van der Waals surface area contributed by atoms with Crippen LogP contribution in [0.25, 0.3) is 4.91 Å². The number of allylic oxidation sites excluding steroid dienone is 1. The molecule has 0 spiro atoms. The van der Waals surface area contributed by atoms with Crippen molar-refractivity contribution in [3.8, 4) is 6.07 Å². The van der Waals surface area contributed by atoms with Crippen LogP contribution in [0.15, 0.2) is 41.4 Å². The number of primary amides is 1. The summed E-state index contributed by atoms with van der Waals surface area (Å²) in [5, 5.41) is 10.1. The number of benzene rings is 1. The number of pyridine rings is 1. The Hall–Kier alpha value is -2.23. The number of aromatic nitrogens is 1. The molecule has 0 radical (unpaired) electrons. The lowest BCUT2D eigenvalue weighted by atomic mass is 9.90. The molecular formula is C22H21N3OS2. The Balaban J connectivity index is 1.83. The second kappa shape index (κ2) is 8.42. The van der Waals surface area contributed by atoms with Crippen LogP contribution in [-0.2, 0) is 17.6 Å². The standard InChI is InChI=1S/C22H21N3OS2/c23-13-16-19(18-11-6-12-27-18)15-9-4-5-10-17(15)25-22(16)28-20(21(24)26)14-7-2-1-3-8-14/h1-3,7-8,11,20H,4-6,9-10,12H2,(H2,24,26). The van der Waals surface area contributed by atoms with Crippen molar-refractivity contribution < 1.29 is 4.79 Å². The topological polar surface area (TPSA) is 79.8 Å². The minimum Gasteiger partial charge on any atom is -0.368 e.